The average Bonchev–Trinajstić information content (AvgIpc) is 2.99. The molecule has 0 spiro atoms. The Balaban J connectivity index is 2.26. The Bertz CT molecular complexity index is 570. The molecule has 1 saturated heterocycles. The van der Waals surface area contributed by atoms with Crippen LogP contribution in [0.25, 0.3) is 0 Å². The maximum atomic E-state index is 12.6. The molecule has 1 aromatic carbocycles. The summed E-state index contributed by atoms with van der Waals surface area (Å²) in [5.74, 6) is 0.407. The van der Waals surface area contributed by atoms with Gasteiger partial charge in [0.25, 0.3) is 5.91 Å². The number of hydrogen-bond donors (Lipinski definition) is 1. The second-order valence-electron chi connectivity index (χ2n) is 6.62. The third kappa shape index (κ3) is 3.59. The van der Waals surface area contributed by atoms with Crippen molar-refractivity contribution >= 4 is 17.5 Å². The number of likely N-dealkylation sites (tertiary alicyclic amines) is 1. The highest BCUT2D eigenvalue weighted by molar-refractivity contribution is 6.00. The third-order valence-electron chi connectivity index (χ3n) is 3.76. The number of anilines is 1. The van der Waals surface area contributed by atoms with Crippen LogP contribution in [0.5, 0.6) is 5.75 Å². The van der Waals surface area contributed by atoms with Crippen LogP contribution < -0.4 is 10.1 Å². The molecule has 1 N–H and O–H groups in total. The van der Waals surface area contributed by atoms with E-state index in [1.807, 2.05) is 25.7 Å². The van der Waals surface area contributed by atoms with Gasteiger partial charge in [-0.2, -0.15) is 0 Å². The van der Waals surface area contributed by atoms with E-state index >= 15 is 0 Å². The fourth-order valence-electron chi connectivity index (χ4n) is 2.36. The van der Waals surface area contributed by atoms with Gasteiger partial charge in [-0.1, -0.05) is 20.8 Å². The molecule has 0 aromatic heterocycles. The van der Waals surface area contributed by atoms with E-state index in [9.17, 15) is 9.59 Å². The average molecular weight is 304 g/mol. The fourth-order valence-corrected chi connectivity index (χ4v) is 2.36. The molecule has 0 saturated carbocycles. The van der Waals surface area contributed by atoms with Crippen LogP contribution >= 0.6 is 0 Å². The number of nitrogens with one attached hydrogen (secondary N) is 1. The number of amides is 2. The van der Waals surface area contributed by atoms with Gasteiger partial charge < -0.3 is 15.0 Å². The lowest BCUT2D eigenvalue weighted by Gasteiger charge is -2.20. The van der Waals surface area contributed by atoms with Crippen LogP contribution in [0, 0.1) is 5.41 Å². The number of carbonyl (C=O) groups is 2. The van der Waals surface area contributed by atoms with Crippen LogP contribution in [-0.4, -0.2) is 36.9 Å². The summed E-state index contributed by atoms with van der Waals surface area (Å²) in [6, 6.07) is 5.17. The van der Waals surface area contributed by atoms with Crippen molar-refractivity contribution in [3.8, 4) is 5.75 Å². The molecule has 5 nitrogen and oxygen atoms in total. The summed E-state index contributed by atoms with van der Waals surface area (Å²) >= 11 is 0. The lowest BCUT2D eigenvalue weighted by atomic mass is 9.95. The minimum Gasteiger partial charge on any atom is -0.496 e. The van der Waals surface area contributed by atoms with Crippen molar-refractivity contribution in [2.75, 3.05) is 25.5 Å². The number of ether oxygens (including phenoxy) is 1. The van der Waals surface area contributed by atoms with E-state index in [1.165, 1.54) is 0 Å². The molecule has 22 heavy (non-hydrogen) atoms. The van der Waals surface area contributed by atoms with Gasteiger partial charge in [0.1, 0.15) is 5.75 Å². The van der Waals surface area contributed by atoms with E-state index in [0.29, 0.717) is 17.0 Å². The van der Waals surface area contributed by atoms with Gasteiger partial charge in [-0.15, -0.1) is 0 Å². The van der Waals surface area contributed by atoms with Crippen molar-refractivity contribution in [2.24, 2.45) is 5.41 Å². The van der Waals surface area contributed by atoms with E-state index in [4.69, 9.17) is 4.74 Å². The molecular weight excluding hydrogens is 280 g/mol. The number of nitrogens with zero attached hydrogens (tertiary/aromatic N) is 1. The monoisotopic (exact) mass is 304 g/mol. The number of hydrogen-bond acceptors (Lipinski definition) is 3. The van der Waals surface area contributed by atoms with Crippen LogP contribution in [0.4, 0.5) is 5.69 Å². The Morgan fingerprint density at radius 2 is 1.82 bits per heavy atom. The van der Waals surface area contributed by atoms with Gasteiger partial charge in [-0.25, -0.2) is 0 Å². The van der Waals surface area contributed by atoms with Crippen molar-refractivity contribution < 1.29 is 14.3 Å². The maximum Gasteiger partial charge on any atom is 0.257 e. The van der Waals surface area contributed by atoms with E-state index in [-0.39, 0.29) is 11.8 Å². The molecule has 0 radical (unpaired) electrons. The summed E-state index contributed by atoms with van der Waals surface area (Å²) in [7, 11) is 1.55. The molecule has 1 aliphatic rings. The smallest absolute Gasteiger partial charge is 0.257 e. The largest absolute Gasteiger partial charge is 0.496 e. The zero-order valence-electron chi connectivity index (χ0n) is 13.7. The van der Waals surface area contributed by atoms with Crippen LogP contribution in [0.2, 0.25) is 0 Å². The van der Waals surface area contributed by atoms with Gasteiger partial charge >= 0.3 is 0 Å². The van der Waals surface area contributed by atoms with Crippen molar-refractivity contribution in [3.05, 3.63) is 23.8 Å². The molecule has 2 amide bonds. The Kier molecular flexibility index (Phi) is 4.74. The highest BCUT2D eigenvalue weighted by atomic mass is 16.5. The molecule has 0 atom stereocenters. The summed E-state index contributed by atoms with van der Waals surface area (Å²) in [5.41, 5.74) is 0.623. The van der Waals surface area contributed by atoms with Gasteiger partial charge in [0.05, 0.1) is 12.7 Å². The molecule has 0 bridgehead atoms. The molecule has 120 valence electrons. The van der Waals surface area contributed by atoms with Gasteiger partial charge in [-0.3, -0.25) is 9.59 Å². The lowest BCUT2D eigenvalue weighted by molar-refractivity contribution is -0.123. The number of rotatable bonds is 3. The first-order valence-corrected chi connectivity index (χ1v) is 7.61. The van der Waals surface area contributed by atoms with Crippen molar-refractivity contribution in [2.45, 2.75) is 33.6 Å². The molecule has 5 heteroatoms. The Morgan fingerprint density at radius 1 is 1.18 bits per heavy atom. The standard InChI is InChI=1S/C17H24N2O3/c1-17(2,3)16(21)18-12-7-8-14(22-4)13(11-12)15(20)19-9-5-6-10-19/h7-8,11H,5-6,9-10H2,1-4H3,(H,18,21). The van der Waals surface area contributed by atoms with Crippen LogP contribution in [0.1, 0.15) is 44.0 Å². The normalized spacial score (nSPS) is 14.8. The predicted molar refractivity (Wildman–Crippen MR) is 86.2 cm³/mol. The molecular formula is C17H24N2O3. The minimum atomic E-state index is -0.487. The lowest BCUT2D eigenvalue weighted by Crippen LogP contribution is -2.29. The van der Waals surface area contributed by atoms with E-state index in [1.54, 1.807) is 25.3 Å². The van der Waals surface area contributed by atoms with E-state index in [0.717, 1.165) is 25.9 Å². The summed E-state index contributed by atoms with van der Waals surface area (Å²) in [5, 5.41) is 2.85. The van der Waals surface area contributed by atoms with Gasteiger partial charge in [-0.05, 0) is 31.0 Å². The van der Waals surface area contributed by atoms with Crippen LogP contribution in [-0.2, 0) is 4.79 Å². The highest BCUT2D eigenvalue weighted by Crippen LogP contribution is 2.26. The summed E-state index contributed by atoms with van der Waals surface area (Å²) in [6.45, 7) is 7.10. The Hall–Kier alpha value is -2.04. The quantitative estimate of drug-likeness (QED) is 0.934. The van der Waals surface area contributed by atoms with Crippen LogP contribution in [0.15, 0.2) is 18.2 Å². The summed E-state index contributed by atoms with van der Waals surface area (Å²) < 4.78 is 5.29. The third-order valence-corrected chi connectivity index (χ3v) is 3.76. The SMILES string of the molecule is COc1ccc(NC(=O)C(C)(C)C)cc1C(=O)N1CCCC1. The first-order valence-electron chi connectivity index (χ1n) is 7.61. The number of carbonyl (C=O) groups excluding carboxylic acids is 2. The number of methoxy groups -OCH3 is 1. The molecule has 0 aliphatic carbocycles. The zero-order valence-corrected chi connectivity index (χ0v) is 13.7. The van der Waals surface area contributed by atoms with Gasteiger partial charge in [0.2, 0.25) is 5.91 Å². The highest BCUT2D eigenvalue weighted by Gasteiger charge is 2.24. The topological polar surface area (TPSA) is 58.6 Å². The zero-order chi connectivity index (χ0) is 16.3. The van der Waals surface area contributed by atoms with Crippen molar-refractivity contribution in [1.29, 1.82) is 0 Å². The second-order valence-corrected chi connectivity index (χ2v) is 6.62. The Labute approximate surface area is 131 Å². The molecule has 2 rings (SSSR count). The first-order chi connectivity index (χ1) is 10.3. The molecule has 1 heterocycles. The van der Waals surface area contributed by atoms with Gasteiger partial charge in [0, 0.05) is 24.2 Å². The van der Waals surface area contributed by atoms with Crippen molar-refractivity contribution in [3.63, 3.8) is 0 Å². The predicted octanol–water partition coefficient (Wildman–Crippen LogP) is 2.92. The number of benzene rings is 1. The fraction of sp³-hybridized carbons (Fsp3) is 0.529. The molecule has 1 aliphatic heterocycles. The Morgan fingerprint density at radius 3 is 2.36 bits per heavy atom. The molecule has 1 aromatic rings. The minimum absolute atomic E-state index is 0.0405. The summed E-state index contributed by atoms with van der Waals surface area (Å²) in [4.78, 5) is 26.5. The van der Waals surface area contributed by atoms with Crippen LogP contribution in [0.3, 0.4) is 0 Å². The second kappa shape index (κ2) is 6.38. The maximum absolute atomic E-state index is 12.6. The molecule has 1 fully saturated rings. The van der Waals surface area contributed by atoms with Gasteiger partial charge in [0.15, 0.2) is 0 Å². The van der Waals surface area contributed by atoms with E-state index in [2.05, 4.69) is 5.32 Å². The first kappa shape index (κ1) is 16.3. The summed E-state index contributed by atoms with van der Waals surface area (Å²) in [6.07, 6.45) is 2.07. The van der Waals surface area contributed by atoms with Crippen molar-refractivity contribution in [1.82, 2.24) is 4.90 Å². The van der Waals surface area contributed by atoms with E-state index < -0.39 is 5.41 Å². The molecule has 0 unspecified atom stereocenters.